The molecule has 86 valence electrons. The van der Waals surface area contributed by atoms with Crippen molar-refractivity contribution in [2.45, 2.75) is 6.42 Å². The summed E-state index contributed by atoms with van der Waals surface area (Å²) >= 11 is 4.77. The van der Waals surface area contributed by atoms with E-state index < -0.39 is 5.91 Å². The van der Waals surface area contributed by atoms with Crippen LogP contribution in [-0.2, 0) is 0 Å². The predicted molar refractivity (Wildman–Crippen MR) is 65.2 cm³/mol. The third-order valence-corrected chi connectivity index (χ3v) is 2.19. The third-order valence-electron chi connectivity index (χ3n) is 1.99. The molecule has 1 amide bonds. The first-order chi connectivity index (χ1) is 7.50. The number of rotatable bonds is 5. The summed E-state index contributed by atoms with van der Waals surface area (Å²) in [7, 11) is 1.84. The molecule has 0 saturated carbocycles. The second kappa shape index (κ2) is 5.36. The van der Waals surface area contributed by atoms with E-state index in [-0.39, 0.29) is 5.69 Å². The number of nitrogens with two attached hydrogens (primary N) is 2. The van der Waals surface area contributed by atoms with Crippen LogP contribution in [0.5, 0.6) is 0 Å². The Morgan fingerprint density at radius 2 is 2.12 bits per heavy atom. The minimum atomic E-state index is -0.593. The molecule has 0 saturated heterocycles. The lowest BCUT2D eigenvalue weighted by Gasteiger charge is -2.16. The Labute approximate surface area is 98.6 Å². The number of carbonyl (C=O) groups is 1. The van der Waals surface area contributed by atoms with Crippen molar-refractivity contribution in [2.75, 3.05) is 18.5 Å². The number of nitrogens with zero attached hydrogens (tertiary/aromatic N) is 3. The Hall–Kier alpha value is -1.76. The molecule has 1 aromatic heterocycles. The molecule has 4 N–H and O–H groups in total. The van der Waals surface area contributed by atoms with E-state index in [1.807, 2.05) is 11.9 Å². The van der Waals surface area contributed by atoms with Crippen molar-refractivity contribution in [3.8, 4) is 0 Å². The van der Waals surface area contributed by atoms with Crippen molar-refractivity contribution < 1.29 is 4.79 Å². The number of anilines is 1. The van der Waals surface area contributed by atoms with E-state index in [0.717, 1.165) is 0 Å². The maximum absolute atomic E-state index is 10.8. The highest BCUT2D eigenvalue weighted by atomic mass is 32.1. The van der Waals surface area contributed by atoms with E-state index in [1.165, 1.54) is 6.07 Å². The Kier molecular flexibility index (Phi) is 4.12. The molecule has 0 unspecified atom stereocenters. The Balaban J connectivity index is 2.66. The number of primary amides is 1. The van der Waals surface area contributed by atoms with Crippen molar-refractivity contribution in [1.82, 2.24) is 10.2 Å². The van der Waals surface area contributed by atoms with Gasteiger partial charge in [0.05, 0.1) is 4.99 Å². The molecule has 0 aliphatic rings. The van der Waals surface area contributed by atoms with Gasteiger partial charge in [-0.1, -0.05) is 12.2 Å². The molecule has 1 rings (SSSR count). The maximum Gasteiger partial charge on any atom is 0.269 e. The Bertz CT molecular complexity index is 391. The highest BCUT2D eigenvalue weighted by Gasteiger charge is 2.06. The number of aromatic nitrogens is 2. The van der Waals surface area contributed by atoms with E-state index in [0.29, 0.717) is 23.8 Å². The fourth-order valence-electron chi connectivity index (χ4n) is 1.05. The van der Waals surface area contributed by atoms with Crippen LogP contribution < -0.4 is 16.4 Å². The summed E-state index contributed by atoms with van der Waals surface area (Å²) in [4.78, 5) is 13.1. The average molecular weight is 239 g/mol. The van der Waals surface area contributed by atoms with Crippen LogP contribution in [0.3, 0.4) is 0 Å². The number of carbonyl (C=O) groups excluding carboxylic acids is 1. The molecule has 0 bridgehead atoms. The quantitative estimate of drug-likeness (QED) is 0.684. The number of hydrogen-bond donors (Lipinski definition) is 2. The van der Waals surface area contributed by atoms with Gasteiger partial charge in [-0.05, 0) is 12.1 Å². The topological polar surface area (TPSA) is 98.1 Å². The summed E-state index contributed by atoms with van der Waals surface area (Å²) in [6.07, 6.45) is 0.602. The fourth-order valence-corrected chi connectivity index (χ4v) is 1.14. The van der Waals surface area contributed by atoms with Gasteiger partial charge in [0.2, 0.25) is 0 Å². The lowest BCUT2D eigenvalue weighted by atomic mass is 10.3. The van der Waals surface area contributed by atoms with Crippen molar-refractivity contribution in [2.24, 2.45) is 11.5 Å². The van der Waals surface area contributed by atoms with Crippen LogP contribution >= 0.6 is 12.2 Å². The molecule has 6 nitrogen and oxygen atoms in total. The molecule has 0 radical (unpaired) electrons. The Morgan fingerprint density at radius 3 is 2.56 bits per heavy atom. The van der Waals surface area contributed by atoms with Gasteiger partial charge < -0.3 is 16.4 Å². The van der Waals surface area contributed by atoms with Gasteiger partial charge in [-0.15, -0.1) is 10.2 Å². The van der Waals surface area contributed by atoms with Gasteiger partial charge in [0.1, 0.15) is 0 Å². The number of hydrogen-bond acceptors (Lipinski definition) is 5. The average Bonchev–Trinajstić information content (AvgIpc) is 2.26. The second-order valence-corrected chi connectivity index (χ2v) is 3.80. The molecule has 16 heavy (non-hydrogen) atoms. The summed E-state index contributed by atoms with van der Waals surface area (Å²) in [5.41, 5.74) is 10.6. The van der Waals surface area contributed by atoms with Gasteiger partial charge in [-0.25, -0.2) is 0 Å². The van der Waals surface area contributed by atoms with Gasteiger partial charge in [0, 0.05) is 20.0 Å². The van der Waals surface area contributed by atoms with Crippen LogP contribution in [0.2, 0.25) is 0 Å². The molecule has 7 heteroatoms. The summed E-state index contributed by atoms with van der Waals surface area (Å²) in [6, 6.07) is 3.20. The van der Waals surface area contributed by atoms with E-state index >= 15 is 0 Å². The second-order valence-electron chi connectivity index (χ2n) is 3.28. The predicted octanol–water partition coefficient (Wildman–Crippen LogP) is -0.312. The third kappa shape index (κ3) is 3.43. The number of amides is 1. The standard InChI is InChI=1S/C9H13N5OS/c1-14(5-4-7(10)16)8-3-2-6(9(11)15)12-13-8/h2-3H,4-5H2,1H3,(H2,10,16)(H2,11,15). The van der Waals surface area contributed by atoms with Crippen LogP contribution in [0, 0.1) is 0 Å². The molecule has 0 spiro atoms. The highest BCUT2D eigenvalue weighted by molar-refractivity contribution is 7.80. The molecule has 0 fully saturated rings. The Morgan fingerprint density at radius 1 is 1.44 bits per heavy atom. The monoisotopic (exact) mass is 239 g/mol. The summed E-state index contributed by atoms with van der Waals surface area (Å²) in [5, 5.41) is 7.56. The first kappa shape index (κ1) is 12.3. The molecule has 0 aliphatic heterocycles. The normalized spacial score (nSPS) is 9.81. The molecule has 0 aliphatic carbocycles. The van der Waals surface area contributed by atoms with Gasteiger partial charge in [-0.2, -0.15) is 0 Å². The maximum atomic E-state index is 10.8. The van der Waals surface area contributed by atoms with Crippen molar-refractivity contribution >= 4 is 28.9 Å². The first-order valence-electron chi connectivity index (χ1n) is 4.63. The molecular formula is C9H13N5OS. The summed E-state index contributed by atoms with van der Waals surface area (Å²) in [6.45, 7) is 0.653. The van der Waals surface area contributed by atoms with Gasteiger partial charge in [0.15, 0.2) is 11.5 Å². The molecule has 0 aromatic carbocycles. The molecule has 0 atom stereocenters. The zero-order valence-electron chi connectivity index (χ0n) is 8.88. The summed E-state index contributed by atoms with van der Waals surface area (Å²) < 4.78 is 0. The van der Waals surface area contributed by atoms with E-state index in [1.54, 1.807) is 6.07 Å². The smallest absolute Gasteiger partial charge is 0.269 e. The molecular weight excluding hydrogens is 226 g/mol. The SMILES string of the molecule is CN(CCC(N)=S)c1ccc(C(N)=O)nn1. The largest absolute Gasteiger partial charge is 0.393 e. The fraction of sp³-hybridized carbons (Fsp3) is 0.333. The highest BCUT2D eigenvalue weighted by Crippen LogP contribution is 2.07. The van der Waals surface area contributed by atoms with E-state index in [4.69, 9.17) is 23.7 Å². The minimum absolute atomic E-state index is 0.145. The van der Waals surface area contributed by atoms with E-state index in [2.05, 4.69) is 10.2 Å². The zero-order valence-corrected chi connectivity index (χ0v) is 9.70. The van der Waals surface area contributed by atoms with Crippen molar-refractivity contribution in [1.29, 1.82) is 0 Å². The molecule has 1 heterocycles. The lowest BCUT2D eigenvalue weighted by molar-refractivity contribution is 0.0994. The van der Waals surface area contributed by atoms with Crippen LogP contribution in [0.15, 0.2) is 12.1 Å². The van der Waals surface area contributed by atoms with Crippen LogP contribution in [0.4, 0.5) is 5.82 Å². The lowest BCUT2D eigenvalue weighted by Crippen LogP contribution is -2.24. The van der Waals surface area contributed by atoms with Gasteiger partial charge in [0.25, 0.3) is 5.91 Å². The number of thiocarbonyl (C=S) groups is 1. The zero-order chi connectivity index (χ0) is 12.1. The van der Waals surface area contributed by atoms with Crippen LogP contribution in [0.25, 0.3) is 0 Å². The molecule has 1 aromatic rings. The summed E-state index contributed by atoms with van der Waals surface area (Å²) in [5.74, 6) is 0.0473. The van der Waals surface area contributed by atoms with Crippen LogP contribution in [0.1, 0.15) is 16.9 Å². The van der Waals surface area contributed by atoms with E-state index in [9.17, 15) is 4.79 Å². The minimum Gasteiger partial charge on any atom is -0.393 e. The first-order valence-corrected chi connectivity index (χ1v) is 5.04. The van der Waals surface area contributed by atoms with Gasteiger partial charge >= 0.3 is 0 Å². The van der Waals surface area contributed by atoms with Crippen molar-refractivity contribution in [3.63, 3.8) is 0 Å². The van der Waals surface area contributed by atoms with Crippen LogP contribution in [-0.4, -0.2) is 34.7 Å². The van der Waals surface area contributed by atoms with Crippen molar-refractivity contribution in [3.05, 3.63) is 17.8 Å². The van der Waals surface area contributed by atoms with Gasteiger partial charge in [-0.3, -0.25) is 4.79 Å².